The van der Waals surface area contributed by atoms with Crippen LogP contribution in [0.5, 0.6) is 5.75 Å². The van der Waals surface area contributed by atoms with Crippen molar-refractivity contribution in [3.05, 3.63) is 64.9 Å². The molecule has 29 heavy (non-hydrogen) atoms. The van der Waals surface area contributed by atoms with Gasteiger partial charge in [0.1, 0.15) is 30.1 Å². The van der Waals surface area contributed by atoms with E-state index in [0.29, 0.717) is 22.0 Å². The van der Waals surface area contributed by atoms with Gasteiger partial charge in [-0.15, -0.1) is 0 Å². The Kier molecular flexibility index (Phi) is 6.40. The lowest BCUT2D eigenvalue weighted by atomic mass is 10.2. The number of nitrogens with zero attached hydrogens (tertiary/aromatic N) is 3. The smallest absolute Gasteiger partial charge is 0.221 e. The first kappa shape index (κ1) is 20.7. The van der Waals surface area contributed by atoms with Crippen LogP contribution in [0.4, 0.5) is 10.1 Å². The van der Waals surface area contributed by atoms with E-state index in [2.05, 4.69) is 10.4 Å². The molecule has 0 unspecified atom stereocenters. The van der Waals surface area contributed by atoms with Crippen LogP contribution in [0.3, 0.4) is 0 Å². The molecule has 9 heteroatoms. The number of carbonyl (C=O) groups is 1. The predicted molar refractivity (Wildman–Crippen MR) is 109 cm³/mol. The number of hydrogen-bond acceptors (Lipinski definition) is 5. The first-order chi connectivity index (χ1) is 13.8. The highest BCUT2D eigenvalue weighted by Crippen LogP contribution is 2.18. The molecule has 1 aromatic heterocycles. The van der Waals surface area contributed by atoms with Gasteiger partial charge < -0.3 is 15.2 Å². The van der Waals surface area contributed by atoms with Crippen molar-refractivity contribution >= 4 is 23.8 Å². The van der Waals surface area contributed by atoms with E-state index in [1.54, 1.807) is 23.6 Å². The number of benzene rings is 2. The fraction of sp³-hybridized carbons (Fsp3) is 0.250. The summed E-state index contributed by atoms with van der Waals surface area (Å²) >= 11 is 5.52. The molecule has 0 spiro atoms. The number of ether oxygens (including phenoxy) is 1. The van der Waals surface area contributed by atoms with Crippen LogP contribution in [0.1, 0.15) is 12.7 Å². The molecular weight excluding hydrogens is 395 g/mol. The van der Waals surface area contributed by atoms with Crippen molar-refractivity contribution in [2.24, 2.45) is 0 Å². The number of aryl methyl sites for hydroxylation is 1. The van der Waals surface area contributed by atoms with Crippen molar-refractivity contribution in [3.63, 3.8) is 0 Å². The Morgan fingerprint density at radius 2 is 2.03 bits per heavy atom. The molecule has 1 atom stereocenters. The molecule has 2 aromatic carbocycles. The SMILES string of the molecule is CC(=O)Nc1cccc(-n2c(C)nn(C[C@H](O)COc3ccc(F)cc3)c2=S)c1. The summed E-state index contributed by atoms with van der Waals surface area (Å²) in [6, 6.07) is 12.8. The zero-order valence-corrected chi connectivity index (χ0v) is 16.8. The molecule has 0 aliphatic heterocycles. The third-order valence-corrected chi connectivity index (χ3v) is 4.46. The van der Waals surface area contributed by atoms with Crippen LogP contribution in [0.25, 0.3) is 5.69 Å². The molecule has 0 radical (unpaired) electrons. The molecular formula is C20H21FN4O3S. The molecule has 1 amide bonds. The second kappa shape index (κ2) is 8.97. The van der Waals surface area contributed by atoms with E-state index in [-0.39, 0.29) is 24.9 Å². The molecule has 7 nitrogen and oxygen atoms in total. The van der Waals surface area contributed by atoms with Crippen LogP contribution >= 0.6 is 12.2 Å². The Morgan fingerprint density at radius 3 is 2.72 bits per heavy atom. The number of aromatic nitrogens is 3. The summed E-state index contributed by atoms with van der Waals surface area (Å²) in [5.41, 5.74) is 1.40. The summed E-state index contributed by atoms with van der Waals surface area (Å²) in [5, 5.41) is 17.4. The minimum Gasteiger partial charge on any atom is -0.491 e. The van der Waals surface area contributed by atoms with E-state index in [4.69, 9.17) is 17.0 Å². The van der Waals surface area contributed by atoms with Crippen LogP contribution in [0.15, 0.2) is 48.5 Å². The second-order valence-electron chi connectivity index (χ2n) is 6.50. The van der Waals surface area contributed by atoms with Crippen molar-refractivity contribution in [1.82, 2.24) is 14.3 Å². The minimum absolute atomic E-state index is 0.0112. The van der Waals surface area contributed by atoms with Gasteiger partial charge in [-0.05, 0) is 61.6 Å². The van der Waals surface area contributed by atoms with Crippen molar-refractivity contribution in [3.8, 4) is 11.4 Å². The van der Waals surface area contributed by atoms with E-state index in [0.717, 1.165) is 5.69 Å². The van der Waals surface area contributed by atoms with Gasteiger partial charge in [0.25, 0.3) is 0 Å². The van der Waals surface area contributed by atoms with Crippen LogP contribution in [-0.4, -0.2) is 38.1 Å². The standard InChI is InChI=1S/C20H21FN4O3S/c1-13-23-24(11-18(27)12-28-19-8-6-15(21)7-9-19)20(29)25(13)17-5-3-4-16(10-17)22-14(2)26/h3-10,18,27H,11-12H2,1-2H3,(H,22,26)/t18-/m0/s1. The maximum Gasteiger partial charge on any atom is 0.221 e. The molecule has 0 aliphatic carbocycles. The Balaban J connectivity index is 1.73. The van der Waals surface area contributed by atoms with Gasteiger partial charge in [0, 0.05) is 12.6 Å². The fourth-order valence-electron chi connectivity index (χ4n) is 2.83. The lowest BCUT2D eigenvalue weighted by molar-refractivity contribution is -0.114. The van der Waals surface area contributed by atoms with Gasteiger partial charge in [-0.1, -0.05) is 6.07 Å². The number of anilines is 1. The van der Waals surface area contributed by atoms with Gasteiger partial charge in [0.05, 0.1) is 12.2 Å². The highest BCUT2D eigenvalue weighted by molar-refractivity contribution is 7.71. The number of carbonyl (C=O) groups excluding carboxylic acids is 1. The quantitative estimate of drug-likeness (QED) is 0.578. The molecule has 0 bridgehead atoms. The maximum absolute atomic E-state index is 12.9. The molecule has 0 aliphatic rings. The Bertz CT molecular complexity index is 1060. The number of nitrogens with one attached hydrogen (secondary N) is 1. The summed E-state index contributed by atoms with van der Waals surface area (Å²) in [6.07, 6.45) is -0.861. The van der Waals surface area contributed by atoms with Gasteiger partial charge in [-0.3, -0.25) is 9.36 Å². The van der Waals surface area contributed by atoms with Crippen LogP contribution in [0, 0.1) is 17.5 Å². The highest BCUT2D eigenvalue weighted by Gasteiger charge is 2.14. The summed E-state index contributed by atoms with van der Waals surface area (Å²) in [6.45, 7) is 3.40. The summed E-state index contributed by atoms with van der Waals surface area (Å²) in [7, 11) is 0. The van der Waals surface area contributed by atoms with E-state index < -0.39 is 6.10 Å². The second-order valence-corrected chi connectivity index (χ2v) is 6.86. The van der Waals surface area contributed by atoms with Gasteiger partial charge in [0.15, 0.2) is 0 Å². The Hall–Kier alpha value is -3.04. The monoisotopic (exact) mass is 416 g/mol. The van der Waals surface area contributed by atoms with Crippen molar-refractivity contribution < 1.29 is 19.0 Å². The number of halogens is 1. The van der Waals surface area contributed by atoms with Gasteiger partial charge >= 0.3 is 0 Å². The van der Waals surface area contributed by atoms with Crippen molar-refractivity contribution in [1.29, 1.82) is 0 Å². The van der Waals surface area contributed by atoms with Crippen LogP contribution in [-0.2, 0) is 11.3 Å². The number of aliphatic hydroxyl groups is 1. The van der Waals surface area contributed by atoms with E-state index in [1.807, 2.05) is 12.1 Å². The molecule has 1 heterocycles. The molecule has 0 saturated heterocycles. The Labute approximate surface area is 172 Å². The average Bonchev–Trinajstić information content (AvgIpc) is 2.94. The van der Waals surface area contributed by atoms with Gasteiger partial charge in [0.2, 0.25) is 10.7 Å². The average molecular weight is 416 g/mol. The zero-order chi connectivity index (χ0) is 21.0. The molecule has 3 rings (SSSR count). The molecule has 0 saturated carbocycles. The first-order valence-corrected chi connectivity index (χ1v) is 9.35. The third-order valence-electron chi connectivity index (χ3n) is 4.07. The largest absolute Gasteiger partial charge is 0.491 e. The summed E-state index contributed by atoms with van der Waals surface area (Å²) < 4.78 is 22.1. The molecule has 2 N–H and O–H groups in total. The third kappa shape index (κ3) is 5.27. The summed E-state index contributed by atoms with van der Waals surface area (Å²) in [5.74, 6) is 0.586. The fourth-order valence-corrected chi connectivity index (χ4v) is 3.19. The normalized spacial score (nSPS) is 11.9. The van der Waals surface area contributed by atoms with E-state index >= 15 is 0 Å². The van der Waals surface area contributed by atoms with Crippen LogP contribution in [0.2, 0.25) is 0 Å². The van der Waals surface area contributed by atoms with Crippen molar-refractivity contribution in [2.75, 3.05) is 11.9 Å². The molecule has 0 fully saturated rings. The number of rotatable bonds is 7. The van der Waals surface area contributed by atoms with E-state index in [1.165, 1.54) is 35.9 Å². The predicted octanol–water partition coefficient (Wildman–Crippen LogP) is 3.25. The van der Waals surface area contributed by atoms with Gasteiger partial charge in [-0.2, -0.15) is 5.10 Å². The highest BCUT2D eigenvalue weighted by atomic mass is 32.1. The number of amides is 1. The maximum atomic E-state index is 12.9. The molecule has 3 aromatic rings. The minimum atomic E-state index is -0.861. The Morgan fingerprint density at radius 1 is 1.31 bits per heavy atom. The lowest BCUT2D eigenvalue weighted by Gasteiger charge is -2.12. The first-order valence-electron chi connectivity index (χ1n) is 8.94. The van der Waals surface area contributed by atoms with Gasteiger partial charge in [-0.25, -0.2) is 9.07 Å². The van der Waals surface area contributed by atoms with Crippen molar-refractivity contribution in [2.45, 2.75) is 26.5 Å². The van der Waals surface area contributed by atoms with E-state index in [9.17, 15) is 14.3 Å². The summed E-state index contributed by atoms with van der Waals surface area (Å²) in [4.78, 5) is 11.3. The molecule has 152 valence electrons. The zero-order valence-electron chi connectivity index (χ0n) is 16.0. The number of hydrogen-bond donors (Lipinski definition) is 2. The van der Waals surface area contributed by atoms with Crippen LogP contribution < -0.4 is 10.1 Å². The topological polar surface area (TPSA) is 81.3 Å². The number of aliphatic hydroxyl groups excluding tert-OH is 1. The lowest BCUT2D eigenvalue weighted by Crippen LogP contribution is -2.24.